The Morgan fingerprint density at radius 3 is 2.61 bits per heavy atom. The fraction of sp³-hybridized carbons (Fsp3) is 0.273. The fourth-order valence-corrected chi connectivity index (χ4v) is 4.37. The highest BCUT2D eigenvalue weighted by Crippen LogP contribution is 2.28. The van der Waals surface area contributed by atoms with E-state index in [9.17, 15) is 9.59 Å². The number of hydrogen-bond donors (Lipinski definition) is 3. The monoisotopic (exact) mass is 455 g/mol. The number of anilines is 3. The van der Waals surface area contributed by atoms with Crippen molar-refractivity contribution in [2.75, 3.05) is 22.9 Å². The van der Waals surface area contributed by atoms with Crippen LogP contribution in [0.5, 0.6) is 0 Å². The molecule has 31 heavy (non-hydrogen) atoms. The van der Waals surface area contributed by atoms with E-state index in [2.05, 4.69) is 52.1 Å². The zero-order valence-corrected chi connectivity index (χ0v) is 19.3. The molecule has 1 aromatic heterocycles. The van der Waals surface area contributed by atoms with E-state index in [4.69, 9.17) is 0 Å². The molecule has 0 atom stereocenters. The van der Waals surface area contributed by atoms with Crippen molar-refractivity contribution >= 4 is 51.4 Å². The predicted octanol–water partition coefficient (Wildman–Crippen LogP) is 4.31. The summed E-state index contributed by atoms with van der Waals surface area (Å²) in [5.41, 5.74) is 5.20. The van der Waals surface area contributed by atoms with Crippen molar-refractivity contribution in [3.63, 3.8) is 0 Å². The summed E-state index contributed by atoms with van der Waals surface area (Å²) in [6.45, 7) is 6.08. The standard InChI is InChI=1S/C22H25N5O2S2/c1-4-16-7-5-6-8-18(16)25-19(28)12-23-20(29)13-30-22-27-26-21(31-22)24-17-10-9-14(2)15(3)11-17/h5-11H,4,12-13H2,1-3H3,(H,23,29)(H,24,26)(H,25,28). The smallest absolute Gasteiger partial charge is 0.243 e. The fourth-order valence-electron chi connectivity index (χ4n) is 2.76. The zero-order chi connectivity index (χ0) is 22.2. The molecule has 0 radical (unpaired) electrons. The minimum Gasteiger partial charge on any atom is -0.346 e. The van der Waals surface area contributed by atoms with Crippen LogP contribution in [-0.4, -0.2) is 34.3 Å². The lowest BCUT2D eigenvalue weighted by Crippen LogP contribution is -2.34. The number of nitrogens with one attached hydrogen (secondary N) is 3. The maximum Gasteiger partial charge on any atom is 0.243 e. The minimum absolute atomic E-state index is 0.0762. The number of aryl methyl sites for hydroxylation is 3. The van der Waals surface area contributed by atoms with Gasteiger partial charge in [0, 0.05) is 11.4 Å². The molecule has 3 aromatic rings. The average Bonchev–Trinajstić information content (AvgIpc) is 3.21. The van der Waals surface area contributed by atoms with Gasteiger partial charge in [0.2, 0.25) is 16.9 Å². The Balaban J connectivity index is 1.42. The molecule has 0 fully saturated rings. The van der Waals surface area contributed by atoms with Crippen LogP contribution in [0.25, 0.3) is 0 Å². The molecule has 3 N–H and O–H groups in total. The number of carbonyl (C=O) groups is 2. The third kappa shape index (κ3) is 6.80. The van der Waals surface area contributed by atoms with Crippen LogP contribution in [0.2, 0.25) is 0 Å². The Morgan fingerprint density at radius 1 is 1.03 bits per heavy atom. The van der Waals surface area contributed by atoms with Gasteiger partial charge in [-0.15, -0.1) is 10.2 Å². The van der Waals surface area contributed by atoms with Gasteiger partial charge in [0.1, 0.15) is 0 Å². The van der Waals surface area contributed by atoms with Crippen molar-refractivity contribution in [3.05, 3.63) is 59.2 Å². The molecular weight excluding hydrogens is 430 g/mol. The first-order valence-corrected chi connectivity index (χ1v) is 11.7. The molecule has 1 heterocycles. The van der Waals surface area contributed by atoms with E-state index in [-0.39, 0.29) is 24.1 Å². The van der Waals surface area contributed by atoms with Crippen LogP contribution in [0.1, 0.15) is 23.6 Å². The second kappa shape index (κ2) is 10.9. The number of aromatic nitrogens is 2. The van der Waals surface area contributed by atoms with E-state index in [1.807, 2.05) is 37.3 Å². The summed E-state index contributed by atoms with van der Waals surface area (Å²) in [7, 11) is 0. The van der Waals surface area contributed by atoms with Crippen molar-refractivity contribution < 1.29 is 9.59 Å². The first-order valence-electron chi connectivity index (χ1n) is 9.89. The van der Waals surface area contributed by atoms with Gasteiger partial charge in [-0.25, -0.2) is 0 Å². The molecule has 0 spiro atoms. The van der Waals surface area contributed by atoms with Gasteiger partial charge >= 0.3 is 0 Å². The van der Waals surface area contributed by atoms with E-state index in [1.54, 1.807) is 0 Å². The maximum atomic E-state index is 12.1. The molecule has 0 bridgehead atoms. The van der Waals surface area contributed by atoms with E-state index in [0.29, 0.717) is 9.47 Å². The summed E-state index contributed by atoms with van der Waals surface area (Å²) in [6.07, 6.45) is 0.821. The molecule has 0 aliphatic rings. The number of thioether (sulfide) groups is 1. The number of rotatable bonds is 9. The van der Waals surface area contributed by atoms with Gasteiger partial charge in [-0.05, 0) is 55.2 Å². The van der Waals surface area contributed by atoms with E-state index in [1.165, 1.54) is 34.2 Å². The largest absolute Gasteiger partial charge is 0.346 e. The lowest BCUT2D eigenvalue weighted by Gasteiger charge is -2.10. The Morgan fingerprint density at radius 2 is 1.84 bits per heavy atom. The quantitative estimate of drug-likeness (QED) is 0.416. The minimum atomic E-state index is -0.255. The number of carbonyl (C=O) groups excluding carboxylic acids is 2. The number of hydrogen-bond acceptors (Lipinski definition) is 7. The van der Waals surface area contributed by atoms with Crippen LogP contribution < -0.4 is 16.0 Å². The molecule has 0 unspecified atom stereocenters. The number of nitrogens with zero attached hydrogens (tertiary/aromatic N) is 2. The summed E-state index contributed by atoms with van der Waals surface area (Å²) >= 11 is 2.67. The molecule has 3 rings (SSSR count). The summed E-state index contributed by atoms with van der Waals surface area (Å²) in [4.78, 5) is 24.2. The Labute approximate surface area is 190 Å². The van der Waals surface area contributed by atoms with Crippen molar-refractivity contribution in [2.45, 2.75) is 31.5 Å². The van der Waals surface area contributed by atoms with E-state index >= 15 is 0 Å². The summed E-state index contributed by atoms with van der Waals surface area (Å²) in [6, 6.07) is 13.7. The molecule has 2 aromatic carbocycles. The highest BCUT2D eigenvalue weighted by molar-refractivity contribution is 8.01. The molecule has 0 saturated heterocycles. The lowest BCUT2D eigenvalue weighted by atomic mass is 10.1. The zero-order valence-electron chi connectivity index (χ0n) is 17.7. The second-order valence-electron chi connectivity index (χ2n) is 6.92. The second-order valence-corrected chi connectivity index (χ2v) is 9.12. The molecule has 0 aliphatic heterocycles. The van der Waals surface area contributed by atoms with E-state index in [0.717, 1.165) is 23.4 Å². The third-order valence-corrected chi connectivity index (χ3v) is 6.58. The molecule has 7 nitrogen and oxygen atoms in total. The van der Waals surface area contributed by atoms with E-state index < -0.39 is 0 Å². The molecule has 162 valence electrons. The Hall–Kier alpha value is -2.91. The van der Waals surface area contributed by atoms with Crippen LogP contribution in [0.4, 0.5) is 16.5 Å². The van der Waals surface area contributed by atoms with Crippen molar-refractivity contribution in [1.29, 1.82) is 0 Å². The van der Waals surface area contributed by atoms with Gasteiger partial charge in [0.15, 0.2) is 4.34 Å². The van der Waals surface area contributed by atoms with Crippen molar-refractivity contribution in [3.8, 4) is 0 Å². The number of para-hydroxylation sites is 1. The number of benzene rings is 2. The van der Waals surface area contributed by atoms with Gasteiger partial charge in [0.05, 0.1) is 12.3 Å². The molecule has 2 amide bonds. The Bertz CT molecular complexity index is 1070. The van der Waals surface area contributed by atoms with Crippen LogP contribution in [0.15, 0.2) is 46.8 Å². The molecule has 0 saturated carbocycles. The predicted molar refractivity (Wildman–Crippen MR) is 127 cm³/mol. The van der Waals surface area contributed by atoms with Crippen LogP contribution in [0.3, 0.4) is 0 Å². The normalized spacial score (nSPS) is 10.5. The molecular formula is C22H25N5O2S2. The first-order chi connectivity index (χ1) is 14.9. The van der Waals surface area contributed by atoms with Crippen molar-refractivity contribution in [2.24, 2.45) is 0 Å². The first kappa shape index (κ1) is 22.8. The summed E-state index contributed by atoms with van der Waals surface area (Å²) in [5, 5.41) is 17.6. The van der Waals surface area contributed by atoms with Crippen LogP contribution in [0, 0.1) is 13.8 Å². The summed E-state index contributed by atoms with van der Waals surface area (Å²) < 4.78 is 0.683. The summed E-state index contributed by atoms with van der Waals surface area (Å²) in [5.74, 6) is -0.324. The van der Waals surface area contributed by atoms with Crippen LogP contribution >= 0.6 is 23.1 Å². The topological polar surface area (TPSA) is 96.0 Å². The SMILES string of the molecule is CCc1ccccc1NC(=O)CNC(=O)CSc1nnc(Nc2ccc(C)c(C)c2)s1. The number of amides is 2. The highest BCUT2D eigenvalue weighted by atomic mass is 32.2. The average molecular weight is 456 g/mol. The van der Waals surface area contributed by atoms with Gasteiger partial charge in [0.25, 0.3) is 0 Å². The maximum absolute atomic E-state index is 12.1. The van der Waals surface area contributed by atoms with Crippen molar-refractivity contribution in [1.82, 2.24) is 15.5 Å². The lowest BCUT2D eigenvalue weighted by molar-refractivity contribution is -0.122. The van der Waals surface area contributed by atoms with Gasteiger partial charge in [-0.1, -0.05) is 54.3 Å². The van der Waals surface area contributed by atoms with Gasteiger partial charge in [-0.3, -0.25) is 9.59 Å². The van der Waals surface area contributed by atoms with Gasteiger partial charge < -0.3 is 16.0 Å². The highest BCUT2D eigenvalue weighted by Gasteiger charge is 2.11. The van der Waals surface area contributed by atoms with Crippen LogP contribution in [-0.2, 0) is 16.0 Å². The Kier molecular flexibility index (Phi) is 8.02. The molecule has 9 heteroatoms. The third-order valence-electron chi connectivity index (χ3n) is 4.61. The van der Waals surface area contributed by atoms with Gasteiger partial charge in [-0.2, -0.15) is 0 Å². The molecule has 0 aliphatic carbocycles.